The Balaban J connectivity index is 1.94. The number of rotatable bonds is 4. The molecule has 2 rings (SSSR count). The smallest absolute Gasteiger partial charge is 0.224 e. The monoisotopic (exact) mass is 224 g/mol. The van der Waals surface area contributed by atoms with Crippen LogP contribution in [0.25, 0.3) is 0 Å². The Labute approximate surface area is 96.4 Å². The van der Waals surface area contributed by atoms with Crippen molar-refractivity contribution in [3.63, 3.8) is 0 Å². The van der Waals surface area contributed by atoms with Crippen molar-refractivity contribution in [2.45, 2.75) is 38.6 Å². The lowest BCUT2D eigenvalue weighted by atomic mass is 9.91. The topological polar surface area (TPSA) is 49.4 Å². The van der Waals surface area contributed by atoms with Gasteiger partial charge in [-0.05, 0) is 25.8 Å². The van der Waals surface area contributed by atoms with Crippen molar-refractivity contribution in [2.24, 2.45) is 5.92 Å². The Morgan fingerprint density at radius 1 is 1.56 bits per heavy atom. The zero-order chi connectivity index (χ0) is 11.5. The highest BCUT2D eigenvalue weighted by Gasteiger charge is 2.40. The standard InChI is InChI=1S/C12H20N2O2/c1-2-4-9(15)8-14-6-3-5-10-11(14)7-13-12(10)16/h10-11H,2-8H2,1H3,(H,13,16). The Bertz CT molecular complexity index is 291. The summed E-state index contributed by atoms with van der Waals surface area (Å²) in [6, 6.07) is 0.266. The maximum Gasteiger partial charge on any atom is 0.224 e. The number of nitrogens with one attached hydrogen (secondary N) is 1. The normalized spacial score (nSPS) is 29.9. The molecule has 2 unspecified atom stereocenters. The lowest BCUT2D eigenvalue weighted by Crippen LogP contribution is -2.47. The van der Waals surface area contributed by atoms with E-state index >= 15 is 0 Å². The molecular formula is C12H20N2O2. The molecule has 90 valence electrons. The highest BCUT2D eigenvalue weighted by atomic mass is 16.2. The highest BCUT2D eigenvalue weighted by Crippen LogP contribution is 2.27. The van der Waals surface area contributed by atoms with Crippen molar-refractivity contribution in [3.8, 4) is 0 Å². The van der Waals surface area contributed by atoms with Crippen LogP contribution in [-0.4, -0.2) is 42.3 Å². The third-order valence-electron chi connectivity index (χ3n) is 3.62. The lowest BCUT2D eigenvalue weighted by Gasteiger charge is -2.35. The Morgan fingerprint density at radius 2 is 2.38 bits per heavy atom. The zero-order valence-corrected chi connectivity index (χ0v) is 9.87. The predicted molar refractivity (Wildman–Crippen MR) is 61.0 cm³/mol. The number of Topliss-reactive ketones (excluding diaryl/α,β-unsaturated/α-hetero) is 1. The second-order valence-corrected chi connectivity index (χ2v) is 4.82. The van der Waals surface area contributed by atoms with Crippen molar-refractivity contribution >= 4 is 11.7 Å². The predicted octanol–water partition coefficient (Wildman–Crippen LogP) is 0.566. The number of hydrogen-bond acceptors (Lipinski definition) is 3. The molecule has 2 fully saturated rings. The van der Waals surface area contributed by atoms with Crippen LogP contribution < -0.4 is 5.32 Å². The number of ketones is 1. The molecule has 0 bridgehead atoms. The van der Waals surface area contributed by atoms with Crippen molar-refractivity contribution < 1.29 is 9.59 Å². The summed E-state index contributed by atoms with van der Waals surface area (Å²) >= 11 is 0. The van der Waals surface area contributed by atoms with Gasteiger partial charge in [0.15, 0.2) is 0 Å². The molecule has 2 aliphatic rings. The summed E-state index contributed by atoms with van der Waals surface area (Å²) in [5.74, 6) is 0.614. The van der Waals surface area contributed by atoms with Gasteiger partial charge >= 0.3 is 0 Å². The van der Waals surface area contributed by atoms with Crippen LogP contribution in [0, 0.1) is 5.92 Å². The van der Waals surface area contributed by atoms with Gasteiger partial charge in [-0.3, -0.25) is 14.5 Å². The molecule has 0 aromatic rings. The molecule has 0 spiro atoms. The molecule has 16 heavy (non-hydrogen) atoms. The first kappa shape index (κ1) is 11.6. The number of amides is 1. The van der Waals surface area contributed by atoms with Gasteiger partial charge in [0.25, 0.3) is 0 Å². The lowest BCUT2D eigenvalue weighted by molar-refractivity contribution is -0.126. The zero-order valence-electron chi connectivity index (χ0n) is 9.87. The van der Waals surface area contributed by atoms with Gasteiger partial charge in [0.1, 0.15) is 5.78 Å². The van der Waals surface area contributed by atoms with Crippen LogP contribution in [-0.2, 0) is 9.59 Å². The van der Waals surface area contributed by atoms with Crippen LogP contribution in [0.15, 0.2) is 0 Å². The van der Waals surface area contributed by atoms with E-state index in [0.29, 0.717) is 18.7 Å². The molecule has 2 heterocycles. The van der Waals surface area contributed by atoms with E-state index < -0.39 is 0 Å². The molecular weight excluding hydrogens is 204 g/mol. The molecule has 0 aliphatic carbocycles. The second-order valence-electron chi connectivity index (χ2n) is 4.82. The number of carbonyl (C=O) groups is 2. The summed E-state index contributed by atoms with van der Waals surface area (Å²) in [7, 11) is 0. The van der Waals surface area contributed by atoms with Crippen molar-refractivity contribution in [2.75, 3.05) is 19.6 Å². The molecule has 0 radical (unpaired) electrons. The van der Waals surface area contributed by atoms with Crippen molar-refractivity contribution in [1.82, 2.24) is 10.2 Å². The van der Waals surface area contributed by atoms with Gasteiger partial charge in [0, 0.05) is 19.0 Å². The molecule has 1 amide bonds. The fourth-order valence-electron chi connectivity index (χ4n) is 2.82. The van der Waals surface area contributed by atoms with E-state index in [0.717, 1.165) is 32.4 Å². The number of piperidine rings is 1. The van der Waals surface area contributed by atoms with E-state index in [-0.39, 0.29) is 17.9 Å². The van der Waals surface area contributed by atoms with Gasteiger partial charge in [0.2, 0.25) is 5.91 Å². The van der Waals surface area contributed by atoms with Gasteiger partial charge in [-0.25, -0.2) is 0 Å². The molecule has 2 atom stereocenters. The fraction of sp³-hybridized carbons (Fsp3) is 0.833. The Morgan fingerprint density at radius 3 is 3.12 bits per heavy atom. The maximum absolute atomic E-state index is 11.6. The first-order valence-corrected chi connectivity index (χ1v) is 6.26. The first-order valence-electron chi connectivity index (χ1n) is 6.26. The van der Waals surface area contributed by atoms with Crippen LogP contribution in [0.3, 0.4) is 0 Å². The van der Waals surface area contributed by atoms with Crippen LogP contribution in [0.5, 0.6) is 0 Å². The minimum Gasteiger partial charge on any atom is -0.354 e. The van der Waals surface area contributed by atoms with Gasteiger partial charge in [-0.15, -0.1) is 0 Å². The number of nitrogens with zero attached hydrogens (tertiary/aromatic N) is 1. The van der Waals surface area contributed by atoms with Crippen molar-refractivity contribution in [3.05, 3.63) is 0 Å². The van der Waals surface area contributed by atoms with Gasteiger partial charge in [0.05, 0.1) is 12.5 Å². The highest BCUT2D eigenvalue weighted by molar-refractivity contribution is 5.83. The second kappa shape index (κ2) is 4.95. The summed E-state index contributed by atoms with van der Waals surface area (Å²) in [6.45, 7) is 4.25. The van der Waals surface area contributed by atoms with E-state index in [1.807, 2.05) is 6.92 Å². The van der Waals surface area contributed by atoms with E-state index in [9.17, 15) is 9.59 Å². The van der Waals surface area contributed by atoms with Crippen LogP contribution >= 0.6 is 0 Å². The number of fused-ring (bicyclic) bond motifs is 1. The maximum atomic E-state index is 11.6. The molecule has 2 aliphatic heterocycles. The summed E-state index contributed by atoms with van der Waals surface area (Å²) in [5, 5.41) is 2.90. The molecule has 1 N–H and O–H groups in total. The minimum atomic E-state index is 0.128. The van der Waals surface area contributed by atoms with Crippen molar-refractivity contribution in [1.29, 1.82) is 0 Å². The largest absolute Gasteiger partial charge is 0.354 e. The van der Waals surface area contributed by atoms with E-state index in [1.165, 1.54) is 0 Å². The van der Waals surface area contributed by atoms with Gasteiger partial charge in [-0.2, -0.15) is 0 Å². The number of carbonyl (C=O) groups excluding carboxylic acids is 2. The van der Waals surface area contributed by atoms with Crippen LogP contribution in [0.4, 0.5) is 0 Å². The summed E-state index contributed by atoms with van der Waals surface area (Å²) in [4.78, 5) is 25.4. The third kappa shape index (κ3) is 2.26. The summed E-state index contributed by atoms with van der Waals surface area (Å²) in [5.41, 5.74) is 0. The van der Waals surface area contributed by atoms with Crippen LogP contribution in [0.1, 0.15) is 32.6 Å². The molecule has 0 aromatic heterocycles. The van der Waals surface area contributed by atoms with E-state index in [2.05, 4.69) is 10.2 Å². The van der Waals surface area contributed by atoms with Gasteiger partial charge in [-0.1, -0.05) is 6.92 Å². The first-order chi connectivity index (χ1) is 7.72. The average molecular weight is 224 g/mol. The Kier molecular flexibility index (Phi) is 3.59. The van der Waals surface area contributed by atoms with E-state index in [4.69, 9.17) is 0 Å². The SMILES string of the molecule is CCCC(=O)CN1CCCC2C(=O)NCC21. The van der Waals surface area contributed by atoms with Crippen LogP contribution in [0.2, 0.25) is 0 Å². The van der Waals surface area contributed by atoms with E-state index in [1.54, 1.807) is 0 Å². The summed E-state index contributed by atoms with van der Waals surface area (Å²) < 4.78 is 0. The average Bonchev–Trinajstić information content (AvgIpc) is 2.62. The summed E-state index contributed by atoms with van der Waals surface area (Å²) in [6.07, 6.45) is 3.59. The molecule has 0 aromatic carbocycles. The molecule has 0 saturated carbocycles. The third-order valence-corrected chi connectivity index (χ3v) is 3.62. The number of hydrogen-bond donors (Lipinski definition) is 1. The van der Waals surface area contributed by atoms with Gasteiger partial charge < -0.3 is 5.32 Å². The molecule has 4 heteroatoms. The molecule has 2 saturated heterocycles. The molecule has 4 nitrogen and oxygen atoms in total. The fourth-order valence-corrected chi connectivity index (χ4v) is 2.82. The quantitative estimate of drug-likeness (QED) is 0.759. The minimum absolute atomic E-state index is 0.128. The Hall–Kier alpha value is -0.900. The number of likely N-dealkylation sites (tertiary alicyclic amines) is 1.